The van der Waals surface area contributed by atoms with E-state index in [-0.39, 0.29) is 12.3 Å². The number of guanidine groups is 1. The quantitative estimate of drug-likeness (QED) is 0.376. The third-order valence-corrected chi connectivity index (χ3v) is 6.07. The fraction of sp³-hybridized carbons (Fsp3) is 0.632. The van der Waals surface area contributed by atoms with Crippen LogP contribution in [0, 0.1) is 5.92 Å². The predicted molar refractivity (Wildman–Crippen MR) is 111 cm³/mol. The smallest absolute Gasteiger partial charge is 0.213 e. The summed E-state index contributed by atoms with van der Waals surface area (Å²) in [5.74, 6) is 2.49. The lowest BCUT2D eigenvalue weighted by atomic mass is 9.86. The average Bonchev–Trinajstić information content (AvgIpc) is 2.64. The van der Waals surface area contributed by atoms with Gasteiger partial charge in [0.2, 0.25) is 10.0 Å². The Morgan fingerprint density at radius 2 is 2.00 bits per heavy atom. The van der Waals surface area contributed by atoms with E-state index in [9.17, 15) is 8.42 Å². The first-order valence-corrected chi connectivity index (χ1v) is 11.3. The summed E-state index contributed by atoms with van der Waals surface area (Å²) in [6, 6.07) is 5.57. The lowest BCUT2D eigenvalue weighted by Crippen LogP contribution is -2.42. The van der Waals surface area contributed by atoms with Crippen LogP contribution in [0.15, 0.2) is 23.2 Å². The van der Waals surface area contributed by atoms with E-state index in [1.165, 1.54) is 6.42 Å². The molecule has 28 heavy (non-hydrogen) atoms. The molecule has 1 aromatic rings. The number of ether oxygens (including phenoxy) is 2. The molecule has 1 aliphatic carbocycles. The van der Waals surface area contributed by atoms with E-state index in [2.05, 4.69) is 20.3 Å². The molecule has 0 radical (unpaired) electrons. The Hall–Kier alpha value is -2.00. The summed E-state index contributed by atoms with van der Waals surface area (Å²) in [5, 5.41) is 6.20. The van der Waals surface area contributed by atoms with Gasteiger partial charge in [-0.3, -0.25) is 0 Å². The van der Waals surface area contributed by atoms with Gasteiger partial charge in [-0.1, -0.05) is 6.42 Å². The standard InChI is InChI=1S/C19H32N4O4S/c1-4-20-19(21-10-11-28(24,25)23-13-15-6-5-7-15)22-14-16-8-9-17(26-2)12-18(16)27-3/h8-9,12,15,23H,4-7,10-11,13-14H2,1-3H3,(H2,20,21,22). The minimum absolute atomic E-state index is 0.00991. The second-order valence-electron chi connectivity index (χ2n) is 6.76. The van der Waals surface area contributed by atoms with Gasteiger partial charge in [0.15, 0.2) is 5.96 Å². The Labute approximate surface area is 168 Å². The Kier molecular flexibility index (Phi) is 8.85. The number of aliphatic imine (C=N–C) groups is 1. The largest absolute Gasteiger partial charge is 0.497 e. The molecule has 158 valence electrons. The van der Waals surface area contributed by atoms with E-state index in [1.807, 2.05) is 25.1 Å². The molecule has 0 heterocycles. The molecule has 0 aliphatic heterocycles. The number of hydrogen-bond donors (Lipinski definition) is 3. The van der Waals surface area contributed by atoms with Gasteiger partial charge in [-0.2, -0.15) is 0 Å². The van der Waals surface area contributed by atoms with Crippen molar-refractivity contribution in [3.63, 3.8) is 0 Å². The summed E-state index contributed by atoms with van der Waals surface area (Å²) in [6.45, 7) is 3.87. The van der Waals surface area contributed by atoms with Crippen LogP contribution in [0.5, 0.6) is 11.5 Å². The molecule has 1 aliphatic rings. The normalized spacial score (nSPS) is 15.0. The molecule has 9 heteroatoms. The minimum Gasteiger partial charge on any atom is -0.497 e. The van der Waals surface area contributed by atoms with Crippen LogP contribution in [0.3, 0.4) is 0 Å². The Morgan fingerprint density at radius 1 is 1.21 bits per heavy atom. The number of hydrogen-bond acceptors (Lipinski definition) is 5. The second kappa shape index (κ2) is 11.1. The highest BCUT2D eigenvalue weighted by Crippen LogP contribution is 2.25. The molecule has 0 bridgehead atoms. The number of methoxy groups -OCH3 is 2. The van der Waals surface area contributed by atoms with Crippen molar-refractivity contribution < 1.29 is 17.9 Å². The van der Waals surface area contributed by atoms with Crippen molar-refractivity contribution in [3.8, 4) is 11.5 Å². The van der Waals surface area contributed by atoms with Gasteiger partial charge in [-0.25, -0.2) is 18.1 Å². The van der Waals surface area contributed by atoms with Crippen LogP contribution in [-0.2, 0) is 16.6 Å². The molecule has 0 spiro atoms. The zero-order chi connectivity index (χ0) is 20.4. The molecule has 0 saturated heterocycles. The summed E-state index contributed by atoms with van der Waals surface area (Å²) in [5.41, 5.74) is 0.912. The first kappa shape index (κ1) is 22.3. The van der Waals surface area contributed by atoms with Gasteiger partial charge in [0.05, 0.1) is 26.5 Å². The monoisotopic (exact) mass is 412 g/mol. The topological polar surface area (TPSA) is 101 Å². The predicted octanol–water partition coefficient (Wildman–Crippen LogP) is 1.48. The van der Waals surface area contributed by atoms with E-state index in [0.29, 0.717) is 43.0 Å². The van der Waals surface area contributed by atoms with Crippen LogP contribution in [-0.4, -0.2) is 54.0 Å². The molecule has 1 aromatic carbocycles. The zero-order valence-corrected chi connectivity index (χ0v) is 17.8. The van der Waals surface area contributed by atoms with Crippen LogP contribution in [0.25, 0.3) is 0 Å². The first-order chi connectivity index (χ1) is 13.5. The summed E-state index contributed by atoms with van der Waals surface area (Å²) in [7, 11) is -0.0680. The SMILES string of the molecule is CCNC(=NCc1ccc(OC)cc1OC)NCCS(=O)(=O)NCC1CCC1. The highest BCUT2D eigenvalue weighted by Gasteiger charge is 2.20. The second-order valence-corrected chi connectivity index (χ2v) is 8.69. The first-order valence-electron chi connectivity index (χ1n) is 9.67. The van der Waals surface area contributed by atoms with Gasteiger partial charge >= 0.3 is 0 Å². The molecule has 3 N–H and O–H groups in total. The van der Waals surface area contributed by atoms with E-state index >= 15 is 0 Å². The Balaban J connectivity index is 1.87. The number of benzene rings is 1. The summed E-state index contributed by atoms with van der Waals surface area (Å²) in [4.78, 5) is 4.52. The van der Waals surface area contributed by atoms with Gasteiger partial charge in [0.25, 0.3) is 0 Å². The molecule has 2 rings (SSSR count). The maximum atomic E-state index is 12.1. The highest BCUT2D eigenvalue weighted by molar-refractivity contribution is 7.89. The minimum atomic E-state index is -3.28. The highest BCUT2D eigenvalue weighted by atomic mass is 32.2. The van der Waals surface area contributed by atoms with Gasteiger partial charge in [-0.05, 0) is 37.8 Å². The fourth-order valence-corrected chi connectivity index (χ4v) is 3.81. The molecule has 0 amide bonds. The van der Waals surface area contributed by atoms with Gasteiger partial charge in [0.1, 0.15) is 11.5 Å². The van der Waals surface area contributed by atoms with Crippen LogP contribution in [0.4, 0.5) is 0 Å². The maximum absolute atomic E-state index is 12.1. The van der Waals surface area contributed by atoms with E-state index in [1.54, 1.807) is 14.2 Å². The van der Waals surface area contributed by atoms with Crippen molar-refractivity contribution in [2.45, 2.75) is 32.7 Å². The van der Waals surface area contributed by atoms with Crippen molar-refractivity contribution in [3.05, 3.63) is 23.8 Å². The van der Waals surface area contributed by atoms with E-state index in [4.69, 9.17) is 9.47 Å². The lowest BCUT2D eigenvalue weighted by molar-refractivity contribution is 0.316. The number of nitrogens with one attached hydrogen (secondary N) is 3. The van der Waals surface area contributed by atoms with Crippen molar-refractivity contribution >= 4 is 16.0 Å². The molecule has 1 fully saturated rings. The summed E-state index contributed by atoms with van der Waals surface area (Å²) < 4.78 is 37.5. The summed E-state index contributed by atoms with van der Waals surface area (Å²) in [6.07, 6.45) is 3.44. The molecule has 0 atom stereocenters. The molecule has 8 nitrogen and oxygen atoms in total. The molecule has 0 aromatic heterocycles. The molecular formula is C19H32N4O4S. The van der Waals surface area contributed by atoms with Crippen molar-refractivity contribution in [1.29, 1.82) is 0 Å². The number of nitrogens with zero attached hydrogens (tertiary/aromatic N) is 1. The molecule has 1 saturated carbocycles. The van der Waals surface area contributed by atoms with Gasteiger partial charge < -0.3 is 20.1 Å². The number of rotatable bonds is 11. The van der Waals surface area contributed by atoms with Crippen LogP contribution in [0.1, 0.15) is 31.7 Å². The van der Waals surface area contributed by atoms with Crippen molar-refractivity contribution in [2.24, 2.45) is 10.9 Å². The van der Waals surface area contributed by atoms with Gasteiger partial charge in [0, 0.05) is 31.3 Å². The Bertz CT molecular complexity index is 748. The summed E-state index contributed by atoms with van der Waals surface area (Å²) >= 11 is 0. The zero-order valence-electron chi connectivity index (χ0n) is 17.0. The molecular weight excluding hydrogens is 380 g/mol. The maximum Gasteiger partial charge on any atom is 0.213 e. The third-order valence-electron chi connectivity index (χ3n) is 4.73. The Morgan fingerprint density at radius 3 is 2.61 bits per heavy atom. The van der Waals surface area contributed by atoms with Crippen LogP contribution in [0.2, 0.25) is 0 Å². The fourth-order valence-electron chi connectivity index (χ4n) is 2.81. The lowest BCUT2D eigenvalue weighted by Gasteiger charge is -2.25. The molecule has 0 unspecified atom stereocenters. The average molecular weight is 413 g/mol. The van der Waals surface area contributed by atoms with Crippen molar-refractivity contribution in [2.75, 3.05) is 39.6 Å². The van der Waals surface area contributed by atoms with E-state index in [0.717, 1.165) is 18.4 Å². The van der Waals surface area contributed by atoms with Crippen LogP contribution < -0.4 is 24.8 Å². The van der Waals surface area contributed by atoms with Crippen molar-refractivity contribution in [1.82, 2.24) is 15.4 Å². The van der Waals surface area contributed by atoms with E-state index < -0.39 is 10.0 Å². The van der Waals surface area contributed by atoms with Crippen LogP contribution >= 0.6 is 0 Å². The number of sulfonamides is 1. The third kappa shape index (κ3) is 7.20. The van der Waals surface area contributed by atoms with Gasteiger partial charge in [-0.15, -0.1) is 0 Å².